The minimum absolute atomic E-state index is 0.265. The number of aryl methyl sites for hydroxylation is 2. The van der Waals surface area contributed by atoms with Crippen molar-refractivity contribution in [3.05, 3.63) is 29.3 Å². The quantitative estimate of drug-likeness (QED) is 0.670. The molecular formula is C14H17N3O2S2. The van der Waals surface area contributed by atoms with Crippen molar-refractivity contribution in [1.29, 1.82) is 0 Å². The maximum atomic E-state index is 11.4. The third kappa shape index (κ3) is 4.44. The molecule has 0 saturated carbocycles. The monoisotopic (exact) mass is 323 g/mol. The van der Waals surface area contributed by atoms with E-state index in [9.17, 15) is 4.79 Å². The van der Waals surface area contributed by atoms with Crippen LogP contribution in [0.2, 0.25) is 0 Å². The molecule has 21 heavy (non-hydrogen) atoms. The van der Waals surface area contributed by atoms with Gasteiger partial charge in [-0.2, -0.15) is 0 Å². The number of carbonyl (C=O) groups excluding carboxylic acids is 1. The fourth-order valence-corrected chi connectivity index (χ4v) is 3.79. The Balaban J connectivity index is 2.04. The highest BCUT2D eigenvalue weighted by atomic mass is 32.2. The van der Waals surface area contributed by atoms with Crippen LogP contribution in [-0.4, -0.2) is 28.5 Å². The van der Waals surface area contributed by atoms with Gasteiger partial charge in [-0.05, 0) is 44.0 Å². The zero-order valence-electron chi connectivity index (χ0n) is 12.3. The fourth-order valence-electron chi connectivity index (χ4n) is 1.84. The number of carbonyl (C=O) groups is 1. The molecule has 2 aromatic rings. The number of hydrogen-bond donors (Lipinski definition) is 1. The summed E-state index contributed by atoms with van der Waals surface area (Å²) in [5.74, 6) is -0.265. The van der Waals surface area contributed by atoms with Crippen molar-refractivity contribution in [2.45, 2.75) is 30.4 Å². The van der Waals surface area contributed by atoms with Crippen LogP contribution >= 0.6 is 23.1 Å². The number of hydrogen-bond acceptors (Lipinski definition) is 7. The van der Waals surface area contributed by atoms with Gasteiger partial charge < -0.3 is 10.1 Å². The third-order valence-corrected chi connectivity index (χ3v) is 4.69. The van der Waals surface area contributed by atoms with Gasteiger partial charge in [-0.3, -0.25) is 4.79 Å². The zero-order valence-corrected chi connectivity index (χ0v) is 14.0. The Morgan fingerprint density at radius 3 is 2.57 bits per heavy atom. The SMILES string of the molecule is COC(=O)C(C)Sc1nnc(Nc2cc(C)cc(C)c2)s1. The summed E-state index contributed by atoms with van der Waals surface area (Å²) in [4.78, 5) is 11.4. The maximum Gasteiger partial charge on any atom is 0.318 e. The minimum Gasteiger partial charge on any atom is -0.468 e. The van der Waals surface area contributed by atoms with Crippen LogP contribution in [0.25, 0.3) is 0 Å². The molecule has 0 spiro atoms. The smallest absolute Gasteiger partial charge is 0.318 e. The summed E-state index contributed by atoms with van der Waals surface area (Å²) in [6.45, 7) is 5.89. The molecular weight excluding hydrogens is 306 g/mol. The average molecular weight is 323 g/mol. The van der Waals surface area contributed by atoms with E-state index in [2.05, 4.69) is 47.6 Å². The van der Waals surface area contributed by atoms with Crippen LogP contribution in [0.1, 0.15) is 18.1 Å². The number of aromatic nitrogens is 2. The van der Waals surface area contributed by atoms with Gasteiger partial charge in [0.05, 0.1) is 7.11 Å². The normalized spacial score (nSPS) is 12.0. The first-order chi connectivity index (χ1) is 9.97. The van der Waals surface area contributed by atoms with Gasteiger partial charge in [0.25, 0.3) is 0 Å². The van der Waals surface area contributed by atoms with E-state index < -0.39 is 0 Å². The maximum absolute atomic E-state index is 11.4. The van der Waals surface area contributed by atoms with Crippen molar-refractivity contribution in [2.24, 2.45) is 0 Å². The lowest BCUT2D eigenvalue weighted by molar-refractivity contribution is -0.139. The number of thioether (sulfide) groups is 1. The molecule has 0 saturated heterocycles. The number of nitrogens with zero attached hydrogens (tertiary/aromatic N) is 2. The largest absolute Gasteiger partial charge is 0.468 e. The van der Waals surface area contributed by atoms with Gasteiger partial charge in [0, 0.05) is 5.69 Å². The number of ether oxygens (including phenoxy) is 1. The highest BCUT2D eigenvalue weighted by molar-refractivity contribution is 8.02. The molecule has 0 bridgehead atoms. The second-order valence-corrected chi connectivity index (χ2v) is 7.22. The lowest BCUT2D eigenvalue weighted by Crippen LogP contribution is -2.14. The summed E-state index contributed by atoms with van der Waals surface area (Å²) in [5.41, 5.74) is 3.37. The number of nitrogens with one attached hydrogen (secondary N) is 1. The van der Waals surface area contributed by atoms with Crippen LogP contribution in [0.3, 0.4) is 0 Å². The Bertz CT molecular complexity index is 623. The van der Waals surface area contributed by atoms with Gasteiger partial charge in [-0.15, -0.1) is 10.2 Å². The van der Waals surface area contributed by atoms with Crippen molar-refractivity contribution in [3.8, 4) is 0 Å². The molecule has 0 radical (unpaired) electrons. The second-order valence-electron chi connectivity index (χ2n) is 4.66. The first-order valence-corrected chi connectivity index (χ1v) is 8.11. The molecule has 5 nitrogen and oxygen atoms in total. The first kappa shape index (κ1) is 15.8. The van der Waals surface area contributed by atoms with Gasteiger partial charge in [0.15, 0.2) is 4.34 Å². The molecule has 0 fully saturated rings. The standard InChI is InChI=1S/C14H17N3O2S2/c1-8-5-9(2)7-11(6-8)15-13-16-17-14(21-13)20-10(3)12(18)19-4/h5-7,10H,1-4H3,(H,15,16). The van der Waals surface area contributed by atoms with Gasteiger partial charge in [0.2, 0.25) is 5.13 Å². The molecule has 1 atom stereocenters. The zero-order chi connectivity index (χ0) is 15.4. The molecule has 2 rings (SSSR count). The molecule has 112 valence electrons. The van der Waals surface area contributed by atoms with Gasteiger partial charge in [-0.25, -0.2) is 0 Å². The topological polar surface area (TPSA) is 64.1 Å². The van der Waals surface area contributed by atoms with Gasteiger partial charge >= 0.3 is 5.97 Å². The molecule has 1 heterocycles. The highest BCUT2D eigenvalue weighted by Gasteiger charge is 2.17. The minimum atomic E-state index is -0.294. The molecule has 7 heteroatoms. The molecule has 0 amide bonds. The molecule has 1 aromatic carbocycles. The van der Waals surface area contributed by atoms with Gasteiger partial charge in [-0.1, -0.05) is 29.2 Å². The Labute approximate surface area is 132 Å². The van der Waals surface area contributed by atoms with E-state index in [4.69, 9.17) is 4.74 Å². The summed E-state index contributed by atoms with van der Waals surface area (Å²) in [7, 11) is 1.38. The van der Waals surface area contributed by atoms with Crippen molar-refractivity contribution < 1.29 is 9.53 Å². The fraction of sp³-hybridized carbons (Fsp3) is 0.357. The van der Waals surface area contributed by atoms with Crippen molar-refractivity contribution in [2.75, 3.05) is 12.4 Å². The van der Waals surface area contributed by atoms with E-state index >= 15 is 0 Å². The Kier molecular flexibility index (Phi) is 5.19. The second kappa shape index (κ2) is 6.91. The molecule has 0 aliphatic rings. The van der Waals surface area contributed by atoms with Gasteiger partial charge in [0.1, 0.15) is 5.25 Å². The van der Waals surface area contributed by atoms with E-state index in [1.165, 1.54) is 41.3 Å². The molecule has 0 aliphatic heterocycles. The van der Waals surface area contributed by atoms with Crippen LogP contribution in [0.4, 0.5) is 10.8 Å². The van der Waals surface area contributed by atoms with Crippen LogP contribution < -0.4 is 5.32 Å². The predicted octanol–water partition coefficient (Wildman–Crippen LogP) is 3.55. The van der Waals surface area contributed by atoms with Crippen LogP contribution in [-0.2, 0) is 9.53 Å². The number of rotatable bonds is 5. The molecule has 1 N–H and O–H groups in total. The van der Waals surface area contributed by atoms with Crippen LogP contribution in [0, 0.1) is 13.8 Å². The number of anilines is 2. The summed E-state index contributed by atoms with van der Waals surface area (Å²) in [5, 5.41) is 11.8. The molecule has 1 unspecified atom stereocenters. The first-order valence-electron chi connectivity index (χ1n) is 6.41. The Morgan fingerprint density at radius 1 is 1.29 bits per heavy atom. The molecule has 0 aliphatic carbocycles. The summed E-state index contributed by atoms with van der Waals surface area (Å²) < 4.78 is 5.43. The Hall–Kier alpha value is -1.60. The summed E-state index contributed by atoms with van der Waals surface area (Å²) in [6, 6.07) is 6.22. The summed E-state index contributed by atoms with van der Waals surface area (Å²) in [6.07, 6.45) is 0. The third-order valence-electron chi connectivity index (χ3n) is 2.69. The lowest BCUT2D eigenvalue weighted by atomic mass is 10.1. The van der Waals surface area contributed by atoms with Crippen LogP contribution in [0.15, 0.2) is 22.5 Å². The van der Waals surface area contributed by atoms with Crippen molar-refractivity contribution >= 4 is 39.9 Å². The van der Waals surface area contributed by atoms with E-state index in [0.717, 1.165) is 10.0 Å². The van der Waals surface area contributed by atoms with E-state index in [1.807, 2.05) is 0 Å². The number of esters is 1. The lowest BCUT2D eigenvalue weighted by Gasteiger charge is -2.05. The van der Waals surface area contributed by atoms with E-state index in [0.29, 0.717) is 5.13 Å². The Morgan fingerprint density at radius 2 is 1.95 bits per heavy atom. The highest BCUT2D eigenvalue weighted by Crippen LogP contribution is 2.31. The summed E-state index contributed by atoms with van der Waals surface area (Å²) >= 11 is 2.76. The number of methoxy groups -OCH3 is 1. The van der Waals surface area contributed by atoms with Crippen molar-refractivity contribution in [3.63, 3.8) is 0 Å². The predicted molar refractivity (Wildman–Crippen MR) is 86.4 cm³/mol. The number of benzene rings is 1. The average Bonchev–Trinajstić information content (AvgIpc) is 2.83. The van der Waals surface area contributed by atoms with E-state index in [-0.39, 0.29) is 11.2 Å². The van der Waals surface area contributed by atoms with E-state index in [1.54, 1.807) is 6.92 Å². The molecule has 1 aromatic heterocycles. The van der Waals surface area contributed by atoms with Crippen LogP contribution in [0.5, 0.6) is 0 Å². The van der Waals surface area contributed by atoms with Crippen molar-refractivity contribution in [1.82, 2.24) is 10.2 Å².